The highest BCUT2D eigenvalue weighted by Gasteiger charge is 2.33. The minimum absolute atomic E-state index is 0.0667. The number of hydrogen-bond acceptors (Lipinski definition) is 6. The molecule has 3 aromatic rings. The zero-order chi connectivity index (χ0) is 23.4. The molecule has 0 bridgehead atoms. The van der Waals surface area contributed by atoms with Crippen LogP contribution >= 0.6 is 11.5 Å². The van der Waals surface area contributed by atoms with Crippen LogP contribution in [0.15, 0.2) is 48.5 Å². The molecule has 0 aliphatic rings. The van der Waals surface area contributed by atoms with Crippen LogP contribution in [0.4, 0.5) is 20.2 Å². The summed E-state index contributed by atoms with van der Waals surface area (Å²) in [6.45, 7) is 1.48. The molecule has 1 unspecified atom stereocenters. The summed E-state index contributed by atoms with van der Waals surface area (Å²) in [5, 5.41) is 2.64. The zero-order valence-corrected chi connectivity index (χ0v) is 17.7. The lowest BCUT2D eigenvalue weighted by atomic mass is 10.1. The summed E-state index contributed by atoms with van der Waals surface area (Å²) >= 11 is 0.625. The maximum atomic E-state index is 14.6. The van der Waals surface area contributed by atoms with Gasteiger partial charge in [0.2, 0.25) is 5.91 Å². The Morgan fingerprint density at radius 3 is 2.38 bits per heavy atom. The third kappa shape index (κ3) is 4.72. The van der Waals surface area contributed by atoms with Gasteiger partial charge in [0, 0.05) is 6.54 Å². The summed E-state index contributed by atoms with van der Waals surface area (Å²) in [5.41, 5.74) is 11.0. The third-order valence-corrected chi connectivity index (χ3v) is 5.48. The van der Waals surface area contributed by atoms with Crippen LogP contribution in [0.1, 0.15) is 32.6 Å². The maximum absolute atomic E-state index is 14.6. The standard InChI is InChI=1S/C21H19F2N5O3S/c1-11(20(30)26-10-12-6-8-13(22)9-7-12)28(15-5-3-2-4-14(15)23)21(31)18-16(24)17(19(25)29)27-32-18/h2-9,11H,10,24H2,1H3,(H2,25,29)(H,26,30). The van der Waals surface area contributed by atoms with Crippen LogP contribution in [0.2, 0.25) is 0 Å². The number of anilines is 2. The lowest BCUT2D eigenvalue weighted by Crippen LogP contribution is -2.48. The second-order valence-corrected chi connectivity index (χ2v) is 7.56. The first-order chi connectivity index (χ1) is 15.2. The first-order valence-corrected chi connectivity index (χ1v) is 10.1. The highest BCUT2D eigenvalue weighted by molar-refractivity contribution is 7.09. The van der Waals surface area contributed by atoms with Crippen LogP contribution in [0.25, 0.3) is 0 Å². The molecule has 1 aromatic heterocycles. The monoisotopic (exact) mass is 459 g/mol. The molecule has 0 saturated heterocycles. The lowest BCUT2D eigenvalue weighted by Gasteiger charge is -2.28. The van der Waals surface area contributed by atoms with E-state index in [4.69, 9.17) is 11.5 Å². The molecule has 32 heavy (non-hydrogen) atoms. The number of halogens is 2. The zero-order valence-electron chi connectivity index (χ0n) is 16.8. The van der Waals surface area contributed by atoms with Crippen LogP contribution < -0.4 is 21.7 Å². The van der Waals surface area contributed by atoms with Crippen molar-refractivity contribution in [2.75, 3.05) is 10.6 Å². The molecule has 0 aliphatic heterocycles. The molecule has 1 atom stereocenters. The largest absolute Gasteiger partial charge is 0.395 e. The normalized spacial score (nSPS) is 11.6. The van der Waals surface area contributed by atoms with E-state index >= 15 is 0 Å². The number of carbonyl (C=O) groups is 3. The van der Waals surface area contributed by atoms with Gasteiger partial charge in [-0.1, -0.05) is 24.3 Å². The third-order valence-electron chi connectivity index (χ3n) is 4.63. The van der Waals surface area contributed by atoms with Gasteiger partial charge < -0.3 is 16.8 Å². The van der Waals surface area contributed by atoms with Crippen molar-refractivity contribution in [2.24, 2.45) is 5.73 Å². The summed E-state index contributed by atoms with van der Waals surface area (Å²) in [7, 11) is 0. The van der Waals surface area contributed by atoms with E-state index < -0.39 is 35.4 Å². The average molecular weight is 459 g/mol. The molecule has 0 spiro atoms. The number of rotatable bonds is 7. The topological polar surface area (TPSA) is 131 Å². The van der Waals surface area contributed by atoms with E-state index in [1.54, 1.807) is 0 Å². The van der Waals surface area contributed by atoms with Gasteiger partial charge in [0.25, 0.3) is 11.8 Å². The molecule has 0 radical (unpaired) electrons. The summed E-state index contributed by atoms with van der Waals surface area (Å²) in [6, 6.07) is 9.77. The molecule has 1 heterocycles. The Morgan fingerprint density at radius 2 is 1.78 bits per heavy atom. The molecule has 5 N–H and O–H groups in total. The van der Waals surface area contributed by atoms with Crippen molar-refractivity contribution in [2.45, 2.75) is 19.5 Å². The fourth-order valence-corrected chi connectivity index (χ4v) is 3.68. The van der Waals surface area contributed by atoms with Crippen molar-refractivity contribution in [3.63, 3.8) is 0 Å². The fourth-order valence-electron chi connectivity index (χ4n) is 2.94. The van der Waals surface area contributed by atoms with Crippen molar-refractivity contribution in [3.05, 3.63) is 76.3 Å². The minimum atomic E-state index is -1.17. The van der Waals surface area contributed by atoms with E-state index in [0.29, 0.717) is 17.1 Å². The first-order valence-electron chi connectivity index (χ1n) is 9.36. The van der Waals surface area contributed by atoms with E-state index in [-0.39, 0.29) is 28.5 Å². The van der Waals surface area contributed by atoms with Crippen molar-refractivity contribution in [1.29, 1.82) is 0 Å². The van der Waals surface area contributed by atoms with E-state index in [2.05, 4.69) is 9.69 Å². The van der Waals surface area contributed by atoms with Crippen LogP contribution in [-0.2, 0) is 11.3 Å². The summed E-state index contributed by atoms with van der Waals surface area (Å²) in [5.74, 6) is -3.48. The highest BCUT2D eigenvalue weighted by Crippen LogP contribution is 2.29. The average Bonchev–Trinajstić information content (AvgIpc) is 3.16. The number of benzene rings is 2. The molecule has 0 saturated carbocycles. The lowest BCUT2D eigenvalue weighted by molar-refractivity contribution is -0.122. The van der Waals surface area contributed by atoms with Crippen molar-refractivity contribution in [3.8, 4) is 0 Å². The van der Waals surface area contributed by atoms with Crippen molar-refractivity contribution >= 4 is 40.6 Å². The fraction of sp³-hybridized carbons (Fsp3) is 0.143. The molecule has 3 amide bonds. The van der Waals surface area contributed by atoms with Gasteiger partial charge in [-0.25, -0.2) is 8.78 Å². The van der Waals surface area contributed by atoms with Crippen LogP contribution in [0.3, 0.4) is 0 Å². The number of primary amides is 1. The van der Waals surface area contributed by atoms with E-state index in [0.717, 1.165) is 11.0 Å². The minimum Gasteiger partial charge on any atom is -0.395 e. The molecule has 3 rings (SSSR count). The molecule has 2 aromatic carbocycles. The molecule has 11 heteroatoms. The summed E-state index contributed by atoms with van der Waals surface area (Å²) in [6.07, 6.45) is 0. The van der Waals surface area contributed by atoms with Crippen molar-refractivity contribution < 1.29 is 23.2 Å². The van der Waals surface area contributed by atoms with Gasteiger partial charge >= 0.3 is 0 Å². The van der Waals surface area contributed by atoms with Gasteiger partial charge in [0.05, 0.1) is 11.4 Å². The smallest absolute Gasteiger partial charge is 0.272 e. The SMILES string of the molecule is CC(C(=O)NCc1ccc(F)cc1)N(C(=O)c1snc(C(N)=O)c1N)c1ccccc1F. The predicted molar refractivity (Wildman–Crippen MR) is 116 cm³/mol. The van der Waals surface area contributed by atoms with E-state index in [1.165, 1.54) is 49.4 Å². The number of nitrogens with one attached hydrogen (secondary N) is 1. The molecular weight excluding hydrogens is 440 g/mol. The van der Waals surface area contributed by atoms with Gasteiger partial charge in [-0.15, -0.1) is 0 Å². The van der Waals surface area contributed by atoms with Gasteiger partial charge in [-0.3, -0.25) is 19.3 Å². The predicted octanol–water partition coefficient (Wildman–Crippen LogP) is 2.45. The molecular formula is C21H19F2N5O3S. The number of aromatic nitrogens is 1. The number of para-hydroxylation sites is 1. The highest BCUT2D eigenvalue weighted by atomic mass is 32.1. The van der Waals surface area contributed by atoms with E-state index in [9.17, 15) is 23.2 Å². The summed E-state index contributed by atoms with van der Waals surface area (Å²) < 4.78 is 31.4. The number of carbonyl (C=O) groups excluding carboxylic acids is 3. The maximum Gasteiger partial charge on any atom is 0.272 e. The van der Waals surface area contributed by atoms with Gasteiger partial charge in [-0.2, -0.15) is 4.37 Å². The second kappa shape index (κ2) is 9.52. The Bertz CT molecular complexity index is 1170. The van der Waals surface area contributed by atoms with Gasteiger partial charge in [0.15, 0.2) is 5.69 Å². The van der Waals surface area contributed by atoms with Crippen LogP contribution in [-0.4, -0.2) is 28.1 Å². The number of nitrogens with two attached hydrogens (primary N) is 2. The van der Waals surface area contributed by atoms with Gasteiger partial charge in [-0.05, 0) is 48.3 Å². The number of amides is 3. The second-order valence-electron chi connectivity index (χ2n) is 6.79. The van der Waals surface area contributed by atoms with Gasteiger partial charge in [0.1, 0.15) is 22.6 Å². The summed E-state index contributed by atoms with van der Waals surface area (Å²) in [4.78, 5) is 38.3. The number of nitrogens with zero attached hydrogens (tertiary/aromatic N) is 2. The Morgan fingerprint density at radius 1 is 1.12 bits per heavy atom. The first kappa shape index (κ1) is 22.8. The Kier molecular flexibility index (Phi) is 6.79. The number of nitrogen functional groups attached to an aromatic ring is 1. The van der Waals surface area contributed by atoms with Crippen LogP contribution in [0.5, 0.6) is 0 Å². The van der Waals surface area contributed by atoms with Crippen molar-refractivity contribution in [1.82, 2.24) is 9.69 Å². The Hall–Kier alpha value is -3.86. The quantitative estimate of drug-likeness (QED) is 0.499. The molecule has 8 nitrogen and oxygen atoms in total. The molecule has 166 valence electrons. The Labute approximate surface area is 186 Å². The number of hydrogen-bond donors (Lipinski definition) is 3. The Balaban J connectivity index is 1.91. The molecule has 0 fully saturated rings. The van der Waals surface area contributed by atoms with Crippen LogP contribution in [0, 0.1) is 11.6 Å². The molecule has 0 aliphatic carbocycles. The van der Waals surface area contributed by atoms with E-state index in [1.807, 2.05) is 0 Å².